The Kier molecular flexibility index (Phi) is 19.3. The number of likely N-dealkylation sites (N-methyl/N-ethyl adjacent to an activating group) is 1. The first-order chi connectivity index (χ1) is 30.7. The van der Waals surface area contributed by atoms with Crippen LogP contribution in [0.5, 0.6) is 5.75 Å². The van der Waals surface area contributed by atoms with E-state index < -0.39 is 114 Å². The number of phenols is 1. The molecule has 2 amide bonds. The topological polar surface area (TPSA) is 241 Å². The van der Waals surface area contributed by atoms with E-state index >= 15 is 0 Å². The minimum Gasteiger partial charge on any atom is -0.508 e. The largest absolute Gasteiger partial charge is 0.508 e. The minimum absolute atomic E-state index is 0.0345. The minimum atomic E-state index is -1.87. The van der Waals surface area contributed by atoms with Gasteiger partial charge in [0.2, 0.25) is 0 Å². The first-order valence-electron chi connectivity index (χ1n) is 23.8. The lowest BCUT2D eigenvalue weighted by Crippen LogP contribution is -2.70. The van der Waals surface area contributed by atoms with Gasteiger partial charge in [-0.05, 0) is 117 Å². The summed E-state index contributed by atoms with van der Waals surface area (Å²) in [6.07, 6.45) is -8.65. The third-order valence-electron chi connectivity index (χ3n) is 14.7. The third kappa shape index (κ3) is 12.3. The summed E-state index contributed by atoms with van der Waals surface area (Å²) in [7, 11) is 4.68. The van der Waals surface area contributed by atoms with Crippen molar-refractivity contribution in [3.63, 3.8) is 0 Å². The van der Waals surface area contributed by atoms with Crippen LogP contribution in [0, 0.1) is 17.8 Å². The van der Waals surface area contributed by atoms with Gasteiger partial charge in [0.1, 0.15) is 40.9 Å². The van der Waals surface area contributed by atoms with Crippen molar-refractivity contribution in [1.29, 1.82) is 0 Å². The Morgan fingerprint density at radius 3 is 2.18 bits per heavy atom. The normalized spacial score (nSPS) is 42.1. The number of nitrogens with zero attached hydrogens (tertiary/aromatic N) is 2. The molecule has 10 unspecified atom stereocenters. The van der Waals surface area contributed by atoms with E-state index in [0.29, 0.717) is 18.8 Å². The number of anilines is 1. The van der Waals surface area contributed by atoms with Crippen LogP contribution in [0.1, 0.15) is 108 Å². The molecule has 1 aromatic carbocycles. The van der Waals surface area contributed by atoms with Crippen molar-refractivity contribution in [3.05, 3.63) is 24.3 Å². The van der Waals surface area contributed by atoms with Crippen LogP contribution >= 0.6 is 0 Å². The van der Waals surface area contributed by atoms with Gasteiger partial charge in [0, 0.05) is 51.8 Å². The molecule has 8 N–H and O–H groups in total. The molecular weight excluding hydrogens is 857 g/mol. The van der Waals surface area contributed by atoms with Crippen LogP contribution in [0.25, 0.3) is 0 Å². The second kappa shape index (κ2) is 22.8. The molecule has 380 valence electrons. The SMILES string of the molecule is CCCNC[C@]1(O)[C@H](C)O[C@@H](OC2C(C)C(=O)OC(CC)C(C)(O)C(O)C(C)NCC(C)CC(C)(O)C(O[C@@H]3O[C@H](C)C[C@H](N(C)C(=O)N(C)c4ccc(O)cc4)[C@H]3O)C2C)C[C@@]1(C)OC. The Morgan fingerprint density at radius 1 is 0.955 bits per heavy atom. The van der Waals surface area contributed by atoms with Gasteiger partial charge < -0.3 is 74.6 Å². The molecular formula is C48H84N4O14. The van der Waals surface area contributed by atoms with Crippen LogP contribution in [0.3, 0.4) is 0 Å². The molecule has 4 rings (SSSR count). The fraction of sp³-hybridized carbons (Fsp3) is 0.833. The van der Waals surface area contributed by atoms with Gasteiger partial charge in [-0.1, -0.05) is 27.7 Å². The molecule has 0 aliphatic carbocycles. The van der Waals surface area contributed by atoms with Crippen molar-refractivity contribution in [2.24, 2.45) is 17.8 Å². The molecule has 3 saturated heterocycles. The highest BCUT2D eigenvalue weighted by Crippen LogP contribution is 2.43. The fourth-order valence-corrected chi connectivity index (χ4v) is 10.2. The van der Waals surface area contributed by atoms with Gasteiger partial charge in [0.25, 0.3) is 0 Å². The van der Waals surface area contributed by atoms with Crippen LogP contribution in [0.4, 0.5) is 10.5 Å². The molecule has 1 aromatic rings. The van der Waals surface area contributed by atoms with Gasteiger partial charge in [-0.25, -0.2) is 4.79 Å². The lowest BCUT2D eigenvalue weighted by molar-refractivity contribution is -0.336. The zero-order valence-corrected chi connectivity index (χ0v) is 41.9. The number of aliphatic hydroxyl groups is 5. The van der Waals surface area contributed by atoms with E-state index in [-0.39, 0.29) is 43.9 Å². The number of ether oxygens (including phenoxy) is 6. The van der Waals surface area contributed by atoms with Gasteiger partial charge in [-0.3, -0.25) is 9.69 Å². The van der Waals surface area contributed by atoms with Gasteiger partial charge in [0.05, 0.1) is 42.0 Å². The number of aromatic hydroxyl groups is 1. The van der Waals surface area contributed by atoms with Gasteiger partial charge in [-0.15, -0.1) is 0 Å². The van der Waals surface area contributed by atoms with Crippen molar-refractivity contribution >= 4 is 17.7 Å². The molecule has 3 aliphatic rings. The third-order valence-corrected chi connectivity index (χ3v) is 14.7. The van der Waals surface area contributed by atoms with Crippen LogP contribution in [0.2, 0.25) is 0 Å². The van der Waals surface area contributed by atoms with Crippen LogP contribution in [-0.2, 0) is 33.2 Å². The summed E-state index contributed by atoms with van der Waals surface area (Å²) in [5, 5.41) is 76.7. The van der Waals surface area contributed by atoms with E-state index in [2.05, 4.69) is 10.6 Å². The molecule has 18 atom stereocenters. The van der Waals surface area contributed by atoms with Crippen molar-refractivity contribution in [2.45, 2.75) is 198 Å². The molecule has 3 aliphatic heterocycles. The Morgan fingerprint density at radius 2 is 1.59 bits per heavy atom. The second-order valence-electron chi connectivity index (χ2n) is 20.2. The average molecular weight is 941 g/mol. The standard InChI is InChI=1S/C48H84N4O14/c1-15-21-49-26-48(60)32(8)63-37(24-46(48,10)61-14)65-39-29(5)41(45(9,58)23-27(3)25-50-31(7)40(55)47(11,59)36(16-2)64-42(56)30(39)6)66-43-38(54)35(22-28(4)62-43)52(13)44(57)51(12)33-17-19-34(53)20-18-33/h17-20,27-32,35-41,43,49-50,53-55,58-60H,15-16,21-26H2,1-14H3/t27?,28-,29?,30?,31?,32+,35+,36?,37+,38-,39?,40?,41?,43+,45?,46-,47?,48+/m1/s1. The monoisotopic (exact) mass is 941 g/mol. The van der Waals surface area contributed by atoms with Crippen LogP contribution < -0.4 is 15.5 Å². The van der Waals surface area contributed by atoms with Gasteiger partial charge >= 0.3 is 12.0 Å². The van der Waals surface area contributed by atoms with E-state index in [1.54, 1.807) is 81.6 Å². The van der Waals surface area contributed by atoms with Crippen LogP contribution in [-0.4, -0.2) is 178 Å². The smallest absolute Gasteiger partial charge is 0.324 e. The van der Waals surface area contributed by atoms with Crippen molar-refractivity contribution in [3.8, 4) is 5.75 Å². The first kappa shape index (κ1) is 55.9. The van der Waals surface area contributed by atoms with Gasteiger partial charge in [0.15, 0.2) is 12.6 Å². The molecule has 0 bridgehead atoms. The predicted molar refractivity (Wildman–Crippen MR) is 248 cm³/mol. The molecule has 0 radical (unpaired) electrons. The van der Waals surface area contributed by atoms with E-state index in [1.165, 1.54) is 36.0 Å². The maximum Gasteiger partial charge on any atom is 0.324 e. The maximum absolute atomic E-state index is 14.5. The molecule has 66 heavy (non-hydrogen) atoms. The number of carbonyl (C=O) groups excluding carboxylic acids is 2. The number of aliphatic hydroxyl groups excluding tert-OH is 2. The number of urea groups is 1. The molecule has 0 aromatic heterocycles. The quantitative estimate of drug-likeness (QED) is 0.111. The summed E-state index contributed by atoms with van der Waals surface area (Å²) in [4.78, 5) is 31.2. The van der Waals surface area contributed by atoms with Crippen molar-refractivity contribution < 1.29 is 68.6 Å². The highest BCUT2D eigenvalue weighted by molar-refractivity contribution is 5.91. The predicted octanol–water partition coefficient (Wildman–Crippen LogP) is 3.26. The lowest BCUT2D eigenvalue weighted by Gasteiger charge is -2.53. The Hall–Kier alpha value is -2.72. The molecule has 18 nitrogen and oxygen atoms in total. The zero-order chi connectivity index (χ0) is 49.7. The summed E-state index contributed by atoms with van der Waals surface area (Å²) in [6.45, 7) is 20.3. The molecule has 0 saturated carbocycles. The number of methoxy groups -OCH3 is 1. The Balaban J connectivity index is 1.79. The zero-order valence-electron chi connectivity index (χ0n) is 41.9. The lowest BCUT2D eigenvalue weighted by atomic mass is 9.75. The van der Waals surface area contributed by atoms with E-state index in [9.17, 15) is 40.2 Å². The Bertz CT molecular complexity index is 1710. The average Bonchev–Trinajstić information content (AvgIpc) is 3.26. The first-order valence-corrected chi connectivity index (χ1v) is 23.8. The maximum atomic E-state index is 14.5. The number of rotatable bonds is 12. The highest BCUT2D eigenvalue weighted by Gasteiger charge is 2.58. The van der Waals surface area contributed by atoms with Crippen LogP contribution in [0.15, 0.2) is 24.3 Å². The fourth-order valence-electron chi connectivity index (χ4n) is 10.2. The highest BCUT2D eigenvalue weighted by atomic mass is 16.7. The number of benzene rings is 1. The number of esters is 1. The number of nitrogens with one attached hydrogen (secondary N) is 2. The second-order valence-corrected chi connectivity index (χ2v) is 20.2. The Labute approximate surface area is 392 Å². The number of cyclic esters (lactones) is 1. The number of phenolic OH excluding ortho intramolecular Hbond substituents is 1. The number of carbonyl (C=O) groups is 2. The molecule has 0 spiro atoms. The number of hydrogen-bond donors (Lipinski definition) is 8. The number of amides is 2. The molecule has 18 heteroatoms. The summed E-state index contributed by atoms with van der Waals surface area (Å²) >= 11 is 0. The number of hydrogen-bond acceptors (Lipinski definition) is 16. The summed E-state index contributed by atoms with van der Waals surface area (Å²) in [5.74, 6) is -2.98. The van der Waals surface area contributed by atoms with Crippen molar-refractivity contribution in [1.82, 2.24) is 15.5 Å². The van der Waals surface area contributed by atoms with Gasteiger partial charge in [-0.2, -0.15) is 0 Å². The summed E-state index contributed by atoms with van der Waals surface area (Å²) in [6, 6.07) is 4.26. The summed E-state index contributed by atoms with van der Waals surface area (Å²) in [5.41, 5.74) is -5.74. The molecule has 3 heterocycles. The summed E-state index contributed by atoms with van der Waals surface area (Å²) < 4.78 is 38.6. The van der Waals surface area contributed by atoms with Crippen molar-refractivity contribution in [2.75, 3.05) is 45.7 Å². The van der Waals surface area contributed by atoms with E-state index in [4.69, 9.17) is 28.4 Å². The van der Waals surface area contributed by atoms with E-state index in [0.717, 1.165) is 6.42 Å². The molecule has 3 fully saturated rings. The van der Waals surface area contributed by atoms with E-state index in [1.807, 2.05) is 13.8 Å².